The van der Waals surface area contributed by atoms with Crippen molar-refractivity contribution in [2.75, 3.05) is 26.2 Å². The molecule has 2 rings (SSSR count). The summed E-state index contributed by atoms with van der Waals surface area (Å²) >= 11 is 12.4. The van der Waals surface area contributed by atoms with Crippen molar-refractivity contribution in [2.45, 2.75) is 39.0 Å². The fraction of sp³-hybridized carbons (Fsp3) is 0.375. The lowest BCUT2D eigenvalue weighted by molar-refractivity contribution is 0.103. The molecule has 2 aromatic rings. The van der Waals surface area contributed by atoms with Gasteiger partial charge in [-0.25, -0.2) is 0 Å². The molecule has 0 spiro atoms. The maximum Gasteiger partial charge on any atom is 0.294 e. The first-order valence-corrected chi connectivity index (χ1v) is 12.8. The molecular weight excluding hydrogens is 485 g/mol. The predicted molar refractivity (Wildman–Crippen MR) is 135 cm³/mol. The van der Waals surface area contributed by atoms with Crippen LogP contribution in [0, 0.1) is 6.92 Å². The van der Waals surface area contributed by atoms with Crippen molar-refractivity contribution >= 4 is 39.1 Å². The highest BCUT2D eigenvalue weighted by Gasteiger charge is 2.18. The summed E-state index contributed by atoms with van der Waals surface area (Å²) in [5, 5.41) is 0.498. The Morgan fingerprint density at radius 3 is 2.09 bits per heavy atom. The van der Waals surface area contributed by atoms with Crippen LogP contribution in [0.2, 0.25) is 10.0 Å². The molecule has 0 unspecified atom stereocenters. The van der Waals surface area contributed by atoms with E-state index in [4.69, 9.17) is 32.5 Å². The zero-order valence-electron chi connectivity index (χ0n) is 19.4. The van der Waals surface area contributed by atoms with Crippen LogP contribution in [0.4, 0.5) is 0 Å². The Bertz CT molecular complexity index is 1050. The molecule has 9 heteroatoms. The van der Waals surface area contributed by atoms with Crippen LogP contribution in [0.25, 0.3) is 0 Å². The van der Waals surface area contributed by atoms with E-state index in [1.807, 2.05) is 13.8 Å². The van der Waals surface area contributed by atoms with Crippen LogP contribution in [-0.4, -0.2) is 49.9 Å². The molecule has 0 bridgehead atoms. The lowest BCUT2D eigenvalue weighted by atomic mass is 10.0. The van der Waals surface area contributed by atoms with E-state index in [9.17, 15) is 13.2 Å². The average molecular weight is 516 g/mol. The summed E-state index contributed by atoms with van der Waals surface area (Å²) in [7, 11) is -4.02. The molecule has 33 heavy (non-hydrogen) atoms. The highest BCUT2D eigenvalue weighted by atomic mass is 35.5. The van der Waals surface area contributed by atoms with E-state index in [2.05, 4.69) is 25.3 Å². The maximum absolute atomic E-state index is 12.2. The topological polar surface area (TPSA) is 83.9 Å². The molecule has 0 heterocycles. The Hall–Kier alpha value is -1.90. The van der Waals surface area contributed by atoms with Crippen LogP contribution in [0.1, 0.15) is 43.1 Å². The van der Waals surface area contributed by atoms with E-state index in [-0.39, 0.29) is 20.7 Å². The highest BCUT2D eigenvalue weighted by Crippen LogP contribution is 2.35. The van der Waals surface area contributed by atoms with Crippen molar-refractivity contribution in [1.82, 2.24) is 4.90 Å². The van der Waals surface area contributed by atoms with Crippen molar-refractivity contribution in [2.24, 2.45) is 0 Å². The fourth-order valence-corrected chi connectivity index (χ4v) is 3.65. The van der Waals surface area contributed by atoms with Gasteiger partial charge in [-0.2, -0.15) is 8.42 Å². The summed E-state index contributed by atoms with van der Waals surface area (Å²) in [4.78, 5) is 14.3. The van der Waals surface area contributed by atoms with Crippen LogP contribution in [0.15, 0.2) is 53.4 Å². The zero-order valence-corrected chi connectivity index (χ0v) is 21.7. The van der Waals surface area contributed by atoms with Gasteiger partial charge in [-0.15, -0.1) is 0 Å². The van der Waals surface area contributed by atoms with Crippen molar-refractivity contribution < 1.29 is 22.5 Å². The lowest BCUT2D eigenvalue weighted by Gasteiger charge is -2.18. The number of halogens is 2. The molecular formula is C24H31Cl2NO5S. The first kappa shape index (κ1) is 29.1. The molecule has 6 nitrogen and oxygen atoms in total. The number of aryl methyl sites for hydroxylation is 1. The molecule has 0 aliphatic heterocycles. The fourth-order valence-electron chi connectivity index (χ4n) is 2.70. The number of ether oxygens (including phenoxy) is 1. The standard InChI is InChI=1S/C17H23Cl2NO2.C7H8O3S/c1-5-12(4)17(21)13-8-9-14(16(19)15(13)18)22-11-10-20(6-2)7-3;1-6-2-4-7(5-3-6)11(8,9)10/h8-9H,4-7,10-11H2,1-3H3;2-5H,1H3,(H,8,9,10). The van der Waals surface area contributed by atoms with Gasteiger partial charge in [-0.3, -0.25) is 9.35 Å². The Kier molecular flexibility index (Phi) is 12.1. The minimum Gasteiger partial charge on any atom is -0.491 e. The van der Waals surface area contributed by atoms with E-state index in [1.54, 1.807) is 24.3 Å². The number of ketones is 1. The van der Waals surface area contributed by atoms with E-state index >= 15 is 0 Å². The molecule has 182 valence electrons. The van der Waals surface area contributed by atoms with Crippen LogP contribution < -0.4 is 4.74 Å². The number of Topliss-reactive ketones (excluding diaryl/α,β-unsaturated/α-hetero) is 1. The monoisotopic (exact) mass is 515 g/mol. The third kappa shape index (κ3) is 9.10. The molecule has 0 fully saturated rings. The Morgan fingerprint density at radius 1 is 1.03 bits per heavy atom. The second-order valence-electron chi connectivity index (χ2n) is 7.19. The highest BCUT2D eigenvalue weighted by molar-refractivity contribution is 7.85. The molecule has 1 N–H and O–H groups in total. The SMILES string of the molecule is C=C(CC)C(=O)c1ccc(OCCN(CC)CC)c(Cl)c1Cl.Cc1ccc(S(=O)(=O)O)cc1. The van der Waals surface area contributed by atoms with Crippen LogP contribution >= 0.6 is 23.2 Å². The van der Waals surface area contributed by atoms with Crippen molar-refractivity contribution in [1.29, 1.82) is 0 Å². The number of allylic oxidation sites excluding steroid dienone is 1. The quantitative estimate of drug-likeness (QED) is 0.233. The van der Waals surface area contributed by atoms with Gasteiger partial charge in [0.2, 0.25) is 0 Å². The van der Waals surface area contributed by atoms with Crippen molar-refractivity contribution in [3.05, 3.63) is 69.7 Å². The normalized spacial score (nSPS) is 11.0. The Labute approximate surface area is 206 Å². The largest absolute Gasteiger partial charge is 0.491 e. The number of hydrogen-bond acceptors (Lipinski definition) is 5. The smallest absolute Gasteiger partial charge is 0.294 e. The average Bonchev–Trinajstić information content (AvgIpc) is 2.78. The lowest BCUT2D eigenvalue weighted by Crippen LogP contribution is -2.27. The number of carbonyl (C=O) groups excluding carboxylic acids is 1. The van der Waals surface area contributed by atoms with Crippen LogP contribution in [0.3, 0.4) is 0 Å². The number of likely N-dealkylation sites (N-methyl/N-ethyl adjacent to an activating group) is 1. The third-order valence-corrected chi connectivity index (χ3v) is 6.65. The van der Waals surface area contributed by atoms with E-state index in [1.165, 1.54) is 12.1 Å². The summed E-state index contributed by atoms with van der Waals surface area (Å²) in [6, 6.07) is 9.32. The summed E-state index contributed by atoms with van der Waals surface area (Å²) in [5.41, 5.74) is 1.83. The number of rotatable bonds is 10. The van der Waals surface area contributed by atoms with Crippen molar-refractivity contribution in [3.63, 3.8) is 0 Å². The third-order valence-electron chi connectivity index (χ3n) is 4.92. The molecule has 0 saturated carbocycles. The number of hydrogen-bond donors (Lipinski definition) is 1. The van der Waals surface area contributed by atoms with Gasteiger partial charge in [0.05, 0.1) is 9.92 Å². The minimum absolute atomic E-state index is 0.0666. The predicted octanol–water partition coefficient (Wildman–Crippen LogP) is 6.10. The molecule has 0 atom stereocenters. The Balaban J connectivity index is 0.000000412. The van der Waals surface area contributed by atoms with Gasteiger partial charge in [0.15, 0.2) is 5.78 Å². The zero-order chi connectivity index (χ0) is 25.2. The summed E-state index contributed by atoms with van der Waals surface area (Å²) in [6.07, 6.45) is 0.578. The van der Waals surface area contributed by atoms with Gasteiger partial charge in [0.1, 0.15) is 17.4 Å². The molecule has 0 aliphatic carbocycles. The maximum atomic E-state index is 12.2. The van der Waals surface area contributed by atoms with E-state index in [0.29, 0.717) is 29.9 Å². The molecule has 0 saturated heterocycles. The summed E-state index contributed by atoms with van der Waals surface area (Å²) < 4.78 is 35.2. The Morgan fingerprint density at radius 2 is 1.61 bits per heavy atom. The molecule has 0 amide bonds. The minimum atomic E-state index is -4.02. The van der Waals surface area contributed by atoms with E-state index in [0.717, 1.165) is 25.2 Å². The van der Waals surface area contributed by atoms with Gasteiger partial charge in [0.25, 0.3) is 10.1 Å². The second-order valence-corrected chi connectivity index (χ2v) is 9.37. The van der Waals surface area contributed by atoms with Gasteiger partial charge in [-0.05, 0) is 56.3 Å². The summed E-state index contributed by atoms with van der Waals surface area (Å²) in [6.45, 7) is 15.0. The van der Waals surface area contributed by atoms with Gasteiger partial charge in [-0.1, -0.05) is 68.2 Å². The molecule has 0 radical (unpaired) electrons. The first-order chi connectivity index (χ1) is 15.5. The number of nitrogens with zero attached hydrogens (tertiary/aromatic N) is 1. The van der Waals surface area contributed by atoms with Crippen LogP contribution in [-0.2, 0) is 10.1 Å². The van der Waals surface area contributed by atoms with E-state index < -0.39 is 10.1 Å². The van der Waals surface area contributed by atoms with Gasteiger partial charge < -0.3 is 9.64 Å². The molecule has 0 aromatic heterocycles. The second kappa shape index (κ2) is 13.7. The van der Waals surface area contributed by atoms with Gasteiger partial charge >= 0.3 is 0 Å². The molecule has 0 aliphatic rings. The van der Waals surface area contributed by atoms with Crippen LogP contribution in [0.5, 0.6) is 5.75 Å². The summed E-state index contributed by atoms with van der Waals surface area (Å²) in [5.74, 6) is 0.321. The molecule has 2 aromatic carbocycles. The number of carbonyl (C=O) groups is 1. The number of benzene rings is 2. The first-order valence-electron chi connectivity index (χ1n) is 10.6. The van der Waals surface area contributed by atoms with Gasteiger partial charge in [0, 0.05) is 12.1 Å². The van der Waals surface area contributed by atoms with Crippen molar-refractivity contribution in [3.8, 4) is 5.75 Å².